The maximum absolute atomic E-state index is 13.6. The van der Waals surface area contributed by atoms with Gasteiger partial charge in [-0.1, -0.05) is 39.5 Å². The van der Waals surface area contributed by atoms with Gasteiger partial charge in [-0.05, 0) is 82.7 Å². The van der Waals surface area contributed by atoms with Gasteiger partial charge in [-0.3, -0.25) is 15.0 Å². The Balaban J connectivity index is 1.29. The average Bonchev–Trinajstić information content (AvgIpc) is 3.24. The number of urea groups is 1. The van der Waals surface area contributed by atoms with E-state index in [-0.39, 0.29) is 30.2 Å². The highest BCUT2D eigenvalue weighted by atomic mass is 16.2. The Bertz CT molecular complexity index is 793. The van der Waals surface area contributed by atoms with Crippen LogP contribution in [-0.2, 0) is 4.79 Å². The number of hydrazine groups is 1. The van der Waals surface area contributed by atoms with Gasteiger partial charge in [0, 0.05) is 32.2 Å². The Morgan fingerprint density at radius 2 is 1.62 bits per heavy atom. The van der Waals surface area contributed by atoms with Gasteiger partial charge in [-0.2, -0.15) is 0 Å². The summed E-state index contributed by atoms with van der Waals surface area (Å²) in [6.07, 6.45) is 15.2. The van der Waals surface area contributed by atoms with Crippen molar-refractivity contribution in [3.8, 4) is 0 Å². The number of imide groups is 1. The van der Waals surface area contributed by atoms with E-state index < -0.39 is 0 Å². The van der Waals surface area contributed by atoms with Gasteiger partial charge >= 0.3 is 6.03 Å². The van der Waals surface area contributed by atoms with Crippen molar-refractivity contribution in [1.29, 1.82) is 0 Å². The highest BCUT2D eigenvalue weighted by molar-refractivity contribution is 5.98. The molecule has 5 aliphatic rings. The number of fused-ring (bicyclic) bond motifs is 1. The van der Waals surface area contributed by atoms with E-state index in [1.165, 1.54) is 88.5 Å². The number of carbonyl (C=O) groups is 2. The predicted octanol–water partition coefficient (Wildman–Crippen LogP) is 3.84. The zero-order valence-electron chi connectivity index (χ0n) is 23.8. The van der Waals surface area contributed by atoms with Crippen molar-refractivity contribution in [2.75, 3.05) is 33.7 Å². The molecule has 4 unspecified atom stereocenters. The van der Waals surface area contributed by atoms with E-state index in [0.717, 1.165) is 18.5 Å². The van der Waals surface area contributed by atoms with Crippen molar-refractivity contribution in [3.63, 3.8) is 0 Å². The summed E-state index contributed by atoms with van der Waals surface area (Å²) in [5.74, 6) is 1.51. The fourth-order valence-corrected chi connectivity index (χ4v) is 8.05. The van der Waals surface area contributed by atoms with E-state index >= 15 is 0 Å². The van der Waals surface area contributed by atoms with Crippen molar-refractivity contribution >= 4 is 11.9 Å². The third kappa shape index (κ3) is 5.87. The van der Waals surface area contributed by atoms with Gasteiger partial charge in [0.2, 0.25) is 5.91 Å². The molecule has 0 aromatic carbocycles. The summed E-state index contributed by atoms with van der Waals surface area (Å²) in [7, 11) is 3.99. The number of likely N-dealkylation sites (tertiary alicyclic amines) is 1. The van der Waals surface area contributed by atoms with Gasteiger partial charge in [0.15, 0.2) is 0 Å². The fraction of sp³-hybridized carbons (Fsp3) is 0.931. The van der Waals surface area contributed by atoms with Crippen LogP contribution in [0.1, 0.15) is 90.9 Å². The molecule has 37 heavy (non-hydrogen) atoms. The molecule has 0 radical (unpaired) electrons. The third-order valence-electron chi connectivity index (χ3n) is 10.1. The molecule has 3 aliphatic heterocycles. The molecule has 4 atom stereocenters. The lowest BCUT2D eigenvalue weighted by Gasteiger charge is -2.42. The molecule has 3 amide bonds. The van der Waals surface area contributed by atoms with E-state index in [4.69, 9.17) is 0 Å². The van der Waals surface area contributed by atoms with Crippen LogP contribution in [0.5, 0.6) is 0 Å². The third-order valence-corrected chi connectivity index (χ3v) is 10.1. The minimum Gasteiger partial charge on any atom is -0.306 e. The Labute approximate surface area is 224 Å². The molecule has 0 spiro atoms. The number of nitrogens with one attached hydrogen (secondary N) is 2. The van der Waals surface area contributed by atoms with Crippen LogP contribution in [0, 0.1) is 23.7 Å². The van der Waals surface area contributed by atoms with Crippen molar-refractivity contribution < 1.29 is 9.59 Å². The number of hydrogen-bond acceptors (Lipinski definition) is 6. The predicted molar refractivity (Wildman–Crippen MR) is 146 cm³/mol. The second kappa shape index (κ2) is 11.9. The Morgan fingerprint density at radius 3 is 2.30 bits per heavy atom. The SMILES string of the molecule is CC(C)CN1C(=O)N(C)C(=O)C2C(NC3CCCCC3)N(CC3CCC(C4CCCCN4C)CC3)NC21. The largest absolute Gasteiger partial charge is 0.327 e. The van der Waals surface area contributed by atoms with Crippen LogP contribution in [0.25, 0.3) is 0 Å². The number of nitrogens with zero attached hydrogens (tertiary/aromatic N) is 4. The van der Waals surface area contributed by atoms with Gasteiger partial charge in [-0.15, -0.1) is 0 Å². The highest BCUT2D eigenvalue weighted by Crippen LogP contribution is 2.38. The Kier molecular flexibility index (Phi) is 8.79. The van der Waals surface area contributed by atoms with Crippen LogP contribution in [0.3, 0.4) is 0 Å². The van der Waals surface area contributed by atoms with Gasteiger partial charge < -0.3 is 9.80 Å². The molecule has 3 heterocycles. The minimum atomic E-state index is -0.268. The zero-order chi connectivity index (χ0) is 26.1. The fourth-order valence-electron chi connectivity index (χ4n) is 8.05. The monoisotopic (exact) mass is 516 g/mol. The quantitative estimate of drug-likeness (QED) is 0.536. The topological polar surface area (TPSA) is 71.2 Å². The molecule has 0 aromatic rings. The smallest absolute Gasteiger partial charge is 0.306 e. The average molecular weight is 517 g/mol. The summed E-state index contributed by atoms with van der Waals surface area (Å²) in [5.41, 5.74) is 3.72. The Morgan fingerprint density at radius 1 is 0.919 bits per heavy atom. The molecule has 2 saturated carbocycles. The van der Waals surface area contributed by atoms with Gasteiger partial charge in [-0.25, -0.2) is 15.2 Å². The van der Waals surface area contributed by atoms with E-state index in [1.54, 1.807) is 7.05 Å². The molecule has 3 saturated heterocycles. The molecular weight excluding hydrogens is 464 g/mol. The van der Waals surface area contributed by atoms with Gasteiger partial charge in [0.1, 0.15) is 12.1 Å². The lowest BCUT2D eigenvalue weighted by molar-refractivity contribution is -0.138. The van der Waals surface area contributed by atoms with Crippen LogP contribution in [0.4, 0.5) is 4.79 Å². The molecule has 210 valence electrons. The summed E-state index contributed by atoms with van der Waals surface area (Å²) in [6, 6.07) is 1.06. The molecule has 0 bridgehead atoms. The first-order valence-corrected chi connectivity index (χ1v) is 15.4. The lowest BCUT2D eigenvalue weighted by atomic mass is 9.76. The normalized spacial score (nSPS) is 37.0. The van der Waals surface area contributed by atoms with E-state index in [2.05, 4.69) is 41.5 Å². The zero-order valence-corrected chi connectivity index (χ0v) is 23.8. The van der Waals surface area contributed by atoms with Crippen molar-refractivity contribution in [2.45, 2.75) is 115 Å². The van der Waals surface area contributed by atoms with Crippen LogP contribution in [0.2, 0.25) is 0 Å². The second-order valence-corrected chi connectivity index (χ2v) is 13.2. The first kappa shape index (κ1) is 27.4. The summed E-state index contributed by atoms with van der Waals surface area (Å²) in [5, 5.41) is 6.28. The number of hydrogen-bond donors (Lipinski definition) is 2. The van der Waals surface area contributed by atoms with E-state index in [0.29, 0.717) is 24.4 Å². The van der Waals surface area contributed by atoms with Crippen molar-refractivity contribution in [2.24, 2.45) is 23.7 Å². The van der Waals surface area contributed by atoms with Gasteiger partial charge in [0.05, 0.1) is 6.17 Å². The molecule has 2 aliphatic carbocycles. The van der Waals surface area contributed by atoms with Crippen molar-refractivity contribution in [1.82, 2.24) is 30.5 Å². The lowest BCUT2D eigenvalue weighted by Crippen LogP contribution is -2.64. The minimum absolute atomic E-state index is 0.0395. The standard InChI is InChI=1S/C29H52N6O2/c1-20(2)18-34-27-25(28(36)33(4)29(34)37)26(30-23-10-6-5-7-11-23)35(31-27)19-21-13-15-22(16-14-21)24-12-8-9-17-32(24)3/h20-27,30-31H,5-19H2,1-4H3. The van der Waals surface area contributed by atoms with E-state index in [9.17, 15) is 9.59 Å². The van der Waals surface area contributed by atoms with Crippen LogP contribution in [-0.4, -0.2) is 89.8 Å². The summed E-state index contributed by atoms with van der Waals surface area (Å²) < 4.78 is 0. The molecular formula is C29H52N6O2. The molecule has 0 aromatic heterocycles. The molecule has 5 rings (SSSR count). The maximum Gasteiger partial charge on any atom is 0.327 e. The number of piperidine rings is 1. The summed E-state index contributed by atoms with van der Waals surface area (Å²) in [4.78, 5) is 32.6. The summed E-state index contributed by atoms with van der Waals surface area (Å²) in [6.45, 7) is 7.16. The van der Waals surface area contributed by atoms with Crippen molar-refractivity contribution in [3.05, 3.63) is 0 Å². The molecule has 8 heteroatoms. The number of amides is 3. The first-order valence-electron chi connectivity index (χ1n) is 15.4. The van der Waals surface area contributed by atoms with Gasteiger partial charge in [0.25, 0.3) is 0 Å². The maximum atomic E-state index is 13.6. The van der Waals surface area contributed by atoms with Crippen LogP contribution < -0.4 is 10.7 Å². The van der Waals surface area contributed by atoms with E-state index in [1.807, 2.05) is 4.90 Å². The Hall–Kier alpha value is -1.22. The molecule has 5 fully saturated rings. The molecule has 8 nitrogen and oxygen atoms in total. The number of carbonyl (C=O) groups excluding carboxylic acids is 2. The number of rotatable bonds is 7. The molecule has 2 N–H and O–H groups in total. The van der Waals surface area contributed by atoms with Crippen LogP contribution in [0.15, 0.2) is 0 Å². The summed E-state index contributed by atoms with van der Waals surface area (Å²) >= 11 is 0. The highest BCUT2D eigenvalue weighted by Gasteiger charge is 2.55. The van der Waals surface area contributed by atoms with Crippen LogP contribution >= 0.6 is 0 Å². The second-order valence-electron chi connectivity index (χ2n) is 13.2. The first-order chi connectivity index (χ1) is 17.8.